The van der Waals surface area contributed by atoms with Crippen molar-refractivity contribution in [2.24, 2.45) is 0 Å². The summed E-state index contributed by atoms with van der Waals surface area (Å²) in [5.74, 6) is -0.512. The summed E-state index contributed by atoms with van der Waals surface area (Å²) in [7, 11) is -4.51. The highest BCUT2D eigenvalue weighted by Crippen LogP contribution is 2.35. The van der Waals surface area contributed by atoms with Crippen LogP contribution < -0.4 is 0 Å². The zero-order valence-corrected chi connectivity index (χ0v) is 8.55. The molecule has 0 rings (SSSR count). The largest absolute Gasteiger partial charge is 0.469 e. The average molecular weight is 224 g/mol. The summed E-state index contributed by atoms with van der Waals surface area (Å²) in [5, 5.41) is 9.11. The van der Waals surface area contributed by atoms with E-state index in [2.05, 4.69) is 4.52 Å². The molecule has 0 heterocycles. The van der Waals surface area contributed by atoms with E-state index in [1.54, 1.807) is 6.92 Å². The van der Waals surface area contributed by atoms with Gasteiger partial charge in [-0.3, -0.25) is 9.32 Å². The van der Waals surface area contributed by atoms with Crippen LogP contribution in [0.4, 0.5) is 0 Å². The smallest absolute Gasteiger partial charge is 0.385 e. The van der Waals surface area contributed by atoms with Gasteiger partial charge in [0.15, 0.2) is 5.78 Å². The van der Waals surface area contributed by atoms with Gasteiger partial charge in [-0.15, -0.1) is 0 Å². The van der Waals surface area contributed by atoms with E-state index >= 15 is 0 Å². The van der Waals surface area contributed by atoms with E-state index in [4.69, 9.17) is 14.9 Å². The van der Waals surface area contributed by atoms with Crippen LogP contribution in [0.2, 0.25) is 0 Å². The molecule has 0 aromatic heterocycles. The number of carbonyl (C=O) groups excluding carboxylic acids is 1. The second-order valence-electron chi connectivity index (χ2n) is 2.53. The second kappa shape index (κ2) is 6.06. The highest BCUT2D eigenvalue weighted by Gasteiger charge is 2.17. The fourth-order valence-electron chi connectivity index (χ4n) is 0.701. The van der Waals surface area contributed by atoms with E-state index in [1.807, 2.05) is 0 Å². The molecule has 0 radical (unpaired) electrons. The number of aliphatic hydroxyl groups is 1. The normalized spacial score (nSPS) is 14.6. The van der Waals surface area contributed by atoms with E-state index in [9.17, 15) is 9.36 Å². The van der Waals surface area contributed by atoms with Gasteiger partial charge in [-0.1, -0.05) is 6.08 Å². The molecule has 3 N–H and O–H groups in total. The number of hydrogen-bond acceptors (Lipinski definition) is 4. The number of ketones is 1. The van der Waals surface area contributed by atoms with Gasteiger partial charge in [0.25, 0.3) is 0 Å². The monoisotopic (exact) mass is 224 g/mol. The Kier molecular flexibility index (Phi) is 5.83. The Balaban J connectivity index is 3.80. The van der Waals surface area contributed by atoms with Gasteiger partial charge in [-0.05, 0) is 13.0 Å². The molecule has 0 aromatic rings. The molecule has 0 aliphatic rings. The molecule has 1 atom stereocenters. The molecular formula is C7H13O6P. The van der Waals surface area contributed by atoms with Gasteiger partial charge in [0.05, 0.1) is 6.61 Å². The highest BCUT2D eigenvalue weighted by atomic mass is 31.2. The van der Waals surface area contributed by atoms with Crippen LogP contribution in [-0.2, 0) is 13.9 Å². The summed E-state index contributed by atoms with van der Waals surface area (Å²) in [6.07, 6.45) is 1.23. The number of phosphoric acid groups is 1. The van der Waals surface area contributed by atoms with Crippen molar-refractivity contribution in [1.82, 2.24) is 0 Å². The summed E-state index contributed by atoms with van der Waals surface area (Å²) in [5.41, 5.74) is 0. The molecule has 0 fully saturated rings. The first-order valence-electron chi connectivity index (χ1n) is 3.91. The SMILES string of the molecule is CC=CC(=O)C(O)CCOP(=O)(O)O. The zero-order chi connectivity index (χ0) is 11.2. The highest BCUT2D eigenvalue weighted by molar-refractivity contribution is 7.46. The molecule has 0 spiro atoms. The molecule has 82 valence electrons. The minimum Gasteiger partial charge on any atom is -0.385 e. The Labute approximate surface area is 81.4 Å². The average Bonchev–Trinajstić information content (AvgIpc) is 2.02. The number of hydrogen-bond donors (Lipinski definition) is 3. The summed E-state index contributed by atoms with van der Waals surface area (Å²) in [6, 6.07) is 0. The van der Waals surface area contributed by atoms with Gasteiger partial charge in [-0.2, -0.15) is 0 Å². The Hall–Kier alpha value is -0.520. The lowest BCUT2D eigenvalue weighted by atomic mass is 10.1. The Morgan fingerprint density at radius 3 is 2.57 bits per heavy atom. The molecule has 0 aromatic carbocycles. The first-order chi connectivity index (χ1) is 6.37. The Morgan fingerprint density at radius 1 is 1.57 bits per heavy atom. The number of carbonyl (C=O) groups is 1. The van der Waals surface area contributed by atoms with E-state index in [0.717, 1.165) is 0 Å². The van der Waals surface area contributed by atoms with Gasteiger partial charge >= 0.3 is 7.82 Å². The maximum atomic E-state index is 10.9. The molecule has 0 saturated carbocycles. The van der Waals surface area contributed by atoms with Gasteiger partial charge in [0.1, 0.15) is 6.10 Å². The molecule has 0 aliphatic carbocycles. The van der Waals surface area contributed by atoms with E-state index in [1.165, 1.54) is 12.2 Å². The van der Waals surface area contributed by atoms with Gasteiger partial charge < -0.3 is 14.9 Å². The summed E-state index contributed by atoms with van der Waals surface area (Å²) < 4.78 is 14.3. The van der Waals surface area contributed by atoms with Crippen LogP contribution in [0.25, 0.3) is 0 Å². The molecule has 6 nitrogen and oxygen atoms in total. The third kappa shape index (κ3) is 6.94. The maximum absolute atomic E-state index is 10.9. The van der Waals surface area contributed by atoms with Crippen LogP contribution in [0.15, 0.2) is 12.2 Å². The van der Waals surface area contributed by atoms with Crippen LogP contribution >= 0.6 is 7.82 Å². The molecular weight excluding hydrogens is 211 g/mol. The van der Waals surface area contributed by atoms with Crippen molar-refractivity contribution in [3.05, 3.63) is 12.2 Å². The van der Waals surface area contributed by atoms with Gasteiger partial charge in [-0.25, -0.2) is 4.57 Å². The second-order valence-corrected chi connectivity index (χ2v) is 3.77. The van der Waals surface area contributed by atoms with Crippen LogP contribution in [0.3, 0.4) is 0 Å². The first-order valence-corrected chi connectivity index (χ1v) is 5.44. The molecule has 7 heteroatoms. The quantitative estimate of drug-likeness (QED) is 0.433. The summed E-state index contributed by atoms with van der Waals surface area (Å²) >= 11 is 0. The number of rotatable bonds is 6. The lowest BCUT2D eigenvalue weighted by molar-refractivity contribution is -0.122. The van der Waals surface area contributed by atoms with Crippen molar-refractivity contribution in [2.75, 3.05) is 6.61 Å². The fraction of sp³-hybridized carbons (Fsp3) is 0.571. The van der Waals surface area contributed by atoms with Crippen LogP contribution in [0.5, 0.6) is 0 Å². The number of aliphatic hydroxyl groups excluding tert-OH is 1. The third-order valence-corrected chi connectivity index (χ3v) is 1.83. The first kappa shape index (κ1) is 13.5. The van der Waals surface area contributed by atoms with Crippen molar-refractivity contribution >= 4 is 13.6 Å². The van der Waals surface area contributed by atoms with Crippen LogP contribution in [0.1, 0.15) is 13.3 Å². The molecule has 0 bridgehead atoms. The lowest BCUT2D eigenvalue weighted by Crippen LogP contribution is -2.19. The Morgan fingerprint density at radius 2 is 2.14 bits per heavy atom. The summed E-state index contributed by atoms with van der Waals surface area (Å²) in [4.78, 5) is 27.5. The molecule has 14 heavy (non-hydrogen) atoms. The van der Waals surface area contributed by atoms with Crippen LogP contribution in [0, 0.1) is 0 Å². The van der Waals surface area contributed by atoms with E-state index in [0.29, 0.717) is 0 Å². The standard InChI is InChI=1S/C7H13O6P/c1-2-3-6(8)7(9)4-5-13-14(10,11)12/h2-3,7,9H,4-5H2,1H3,(H2,10,11,12). The molecule has 1 unspecified atom stereocenters. The molecule has 0 saturated heterocycles. The van der Waals surface area contributed by atoms with Crippen molar-refractivity contribution < 1.29 is 28.8 Å². The minimum absolute atomic E-state index is 0.145. The Bertz CT molecular complexity index is 255. The van der Waals surface area contributed by atoms with Crippen molar-refractivity contribution in [3.63, 3.8) is 0 Å². The summed E-state index contributed by atoms with van der Waals surface area (Å²) in [6.45, 7) is 1.26. The fourth-order valence-corrected chi connectivity index (χ4v) is 1.04. The topological polar surface area (TPSA) is 104 Å². The lowest BCUT2D eigenvalue weighted by Gasteiger charge is -2.07. The van der Waals surface area contributed by atoms with E-state index < -0.39 is 19.7 Å². The number of phosphoric ester groups is 1. The predicted molar refractivity (Wildman–Crippen MR) is 48.4 cm³/mol. The minimum atomic E-state index is -4.51. The van der Waals surface area contributed by atoms with Gasteiger partial charge in [0, 0.05) is 6.42 Å². The van der Waals surface area contributed by atoms with E-state index in [-0.39, 0.29) is 13.0 Å². The van der Waals surface area contributed by atoms with Crippen molar-refractivity contribution in [1.29, 1.82) is 0 Å². The zero-order valence-electron chi connectivity index (χ0n) is 7.66. The number of allylic oxidation sites excluding steroid dienone is 1. The third-order valence-electron chi connectivity index (χ3n) is 1.31. The van der Waals surface area contributed by atoms with Crippen molar-refractivity contribution in [3.8, 4) is 0 Å². The van der Waals surface area contributed by atoms with Crippen molar-refractivity contribution in [2.45, 2.75) is 19.4 Å². The van der Waals surface area contributed by atoms with Gasteiger partial charge in [0.2, 0.25) is 0 Å². The maximum Gasteiger partial charge on any atom is 0.469 e. The molecule has 0 amide bonds. The van der Waals surface area contributed by atoms with Crippen LogP contribution in [-0.4, -0.2) is 33.4 Å². The predicted octanol–water partition coefficient (Wildman–Crippen LogP) is -0.00810. The molecule has 0 aliphatic heterocycles.